The maximum atomic E-state index is 13.0. The normalized spacial score (nSPS) is 17.8. The van der Waals surface area contributed by atoms with Gasteiger partial charge in [-0.05, 0) is 143 Å². The summed E-state index contributed by atoms with van der Waals surface area (Å²) in [4.78, 5) is 14.4. The van der Waals surface area contributed by atoms with Gasteiger partial charge in [0.1, 0.15) is 18.7 Å². The van der Waals surface area contributed by atoms with E-state index < -0.39 is 7.14 Å². The number of likely N-dealkylation sites (tertiary alicyclic amines) is 2. The number of nitrogens with one attached hydrogen (secondary N) is 2. The van der Waals surface area contributed by atoms with E-state index in [0.717, 1.165) is 47.1 Å². The molecule has 226 valence electrons. The highest BCUT2D eigenvalue weighted by Crippen LogP contribution is 2.40. The Morgan fingerprint density at radius 3 is 2.36 bits per heavy atom. The summed E-state index contributed by atoms with van der Waals surface area (Å²) in [6.07, 6.45) is 6.64. The number of hydrogen-bond acceptors (Lipinski definition) is 8. The largest absolute Gasteiger partial charge is 0.495 e. The Bertz CT molecular complexity index is 1460. The molecule has 2 saturated heterocycles. The summed E-state index contributed by atoms with van der Waals surface area (Å²) < 4.78 is 19.6. The van der Waals surface area contributed by atoms with Crippen LogP contribution in [0.5, 0.6) is 5.75 Å². The fraction of sp³-hybridized carbons (Fsp3) is 0.500. The highest BCUT2D eigenvalue weighted by molar-refractivity contribution is 9.10. The third kappa shape index (κ3) is 7.19. The second-order valence-electron chi connectivity index (χ2n) is 12.3. The number of halogens is 1. The summed E-state index contributed by atoms with van der Waals surface area (Å²) in [6.45, 7) is 12.5. The number of rotatable bonds is 8. The molecule has 2 aromatic carbocycles. The molecule has 8 nitrogen and oxygen atoms in total. The molecule has 2 aliphatic heterocycles. The van der Waals surface area contributed by atoms with Crippen LogP contribution in [0.2, 0.25) is 0 Å². The van der Waals surface area contributed by atoms with Gasteiger partial charge in [0.05, 0.1) is 23.0 Å². The van der Waals surface area contributed by atoms with Crippen LogP contribution in [0.4, 0.5) is 23.1 Å². The fourth-order valence-corrected chi connectivity index (χ4v) is 7.82. The van der Waals surface area contributed by atoms with Crippen LogP contribution in [-0.2, 0) is 4.57 Å². The van der Waals surface area contributed by atoms with Gasteiger partial charge in [-0.1, -0.05) is 11.6 Å². The Morgan fingerprint density at radius 1 is 0.976 bits per heavy atom. The minimum Gasteiger partial charge on any atom is -0.495 e. The van der Waals surface area contributed by atoms with Crippen molar-refractivity contribution in [2.24, 2.45) is 0 Å². The van der Waals surface area contributed by atoms with Crippen LogP contribution in [0, 0.1) is 13.8 Å². The first-order valence-corrected chi connectivity index (χ1v) is 18.2. The van der Waals surface area contributed by atoms with Crippen LogP contribution < -0.4 is 20.7 Å². The maximum Gasteiger partial charge on any atom is 0.229 e. The monoisotopic (exact) mass is 654 g/mol. The van der Waals surface area contributed by atoms with Crippen molar-refractivity contribution in [2.45, 2.75) is 51.5 Å². The predicted octanol–water partition coefficient (Wildman–Crippen LogP) is 6.87. The lowest BCUT2D eigenvalue weighted by Crippen LogP contribution is -2.46. The number of aromatic nitrogens is 2. The molecule has 0 spiro atoms. The van der Waals surface area contributed by atoms with Crippen LogP contribution in [0.3, 0.4) is 0 Å². The zero-order valence-electron chi connectivity index (χ0n) is 25.7. The fourth-order valence-electron chi connectivity index (χ4n) is 6.30. The Hall–Kier alpha value is -2.45. The summed E-state index contributed by atoms with van der Waals surface area (Å²) >= 11 is 3.57. The molecule has 3 heterocycles. The van der Waals surface area contributed by atoms with Gasteiger partial charge in [-0.25, -0.2) is 4.98 Å². The molecule has 2 fully saturated rings. The molecule has 2 N–H and O–H groups in total. The molecule has 5 rings (SSSR count). The number of ether oxygens (including phenoxy) is 1. The number of methoxy groups -OCH3 is 1. The number of piperidine rings is 2. The highest BCUT2D eigenvalue weighted by atomic mass is 79.9. The van der Waals surface area contributed by atoms with Gasteiger partial charge < -0.3 is 29.7 Å². The minimum absolute atomic E-state index is 0.447. The van der Waals surface area contributed by atoms with Crippen LogP contribution in [-0.4, -0.2) is 79.5 Å². The lowest BCUT2D eigenvalue weighted by Gasteiger charge is -2.41. The lowest BCUT2D eigenvalue weighted by atomic mass is 9.85. The molecule has 0 aliphatic carbocycles. The number of nitrogens with zero attached hydrogens (tertiary/aromatic N) is 4. The smallest absolute Gasteiger partial charge is 0.229 e. The Balaban J connectivity index is 1.31. The average molecular weight is 656 g/mol. The standard InChI is InChI=1S/C32H44BrN6O2P/c1-21-7-8-27(30(17-21)42(5,6)40)35-31-26(33)20-34-32(37-31)36-28-18-22(2)25(19-29(28)41-4)23-9-15-39(16-10-23)24-11-13-38(3)14-12-24/h7-8,17-20,23-24H,9-16H2,1-6H3,(H2,34,35,36,37). The van der Waals surface area contributed by atoms with Crippen molar-refractivity contribution in [3.8, 4) is 5.75 Å². The van der Waals surface area contributed by atoms with Gasteiger partial charge >= 0.3 is 0 Å². The highest BCUT2D eigenvalue weighted by Gasteiger charge is 2.29. The quantitative estimate of drug-likeness (QED) is 0.255. The molecule has 0 atom stereocenters. The van der Waals surface area contributed by atoms with Gasteiger partial charge in [-0.15, -0.1) is 0 Å². The van der Waals surface area contributed by atoms with E-state index in [4.69, 9.17) is 9.72 Å². The number of aryl methyl sites for hydroxylation is 2. The first-order chi connectivity index (χ1) is 20.0. The third-order valence-corrected chi connectivity index (χ3v) is 10.8. The van der Waals surface area contributed by atoms with Crippen molar-refractivity contribution >= 4 is 51.5 Å². The SMILES string of the molecule is COc1cc(C2CCN(C3CCN(C)CC3)CC2)c(C)cc1Nc1ncc(Br)c(Nc2ccc(C)cc2P(C)(C)=O)n1. The van der Waals surface area contributed by atoms with Crippen molar-refractivity contribution < 1.29 is 9.30 Å². The summed E-state index contributed by atoms with van der Waals surface area (Å²) in [5.41, 5.74) is 5.29. The molecule has 0 radical (unpaired) electrons. The van der Waals surface area contributed by atoms with Crippen molar-refractivity contribution in [3.05, 3.63) is 57.7 Å². The molecule has 2 aliphatic rings. The second kappa shape index (κ2) is 13.0. The van der Waals surface area contributed by atoms with Crippen molar-refractivity contribution in [1.82, 2.24) is 19.8 Å². The summed E-state index contributed by atoms with van der Waals surface area (Å²) in [7, 11) is 1.44. The van der Waals surface area contributed by atoms with Crippen molar-refractivity contribution in [2.75, 3.05) is 64.3 Å². The summed E-state index contributed by atoms with van der Waals surface area (Å²) in [5, 5.41) is 7.55. The predicted molar refractivity (Wildman–Crippen MR) is 178 cm³/mol. The molecule has 0 bridgehead atoms. The van der Waals surface area contributed by atoms with E-state index in [1.807, 2.05) is 25.1 Å². The van der Waals surface area contributed by atoms with Gasteiger partial charge in [0.2, 0.25) is 5.95 Å². The molecule has 1 aromatic heterocycles. The van der Waals surface area contributed by atoms with E-state index in [0.29, 0.717) is 22.2 Å². The van der Waals surface area contributed by atoms with Crippen molar-refractivity contribution in [3.63, 3.8) is 0 Å². The zero-order valence-corrected chi connectivity index (χ0v) is 28.2. The van der Waals surface area contributed by atoms with E-state index in [-0.39, 0.29) is 0 Å². The van der Waals surface area contributed by atoms with Crippen LogP contribution in [0.25, 0.3) is 0 Å². The average Bonchev–Trinajstić information content (AvgIpc) is 2.96. The van der Waals surface area contributed by atoms with Crippen molar-refractivity contribution in [1.29, 1.82) is 0 Å². The molecule has 3 aromatic rings. The second-order valence-corrected chi connectivity index (χ2v) is 16.3. The number of anilines is 4. The molecule has 0 saturated carbocycles. The molecule has 42 heavy (non-hydrogen) atoms. The first kappa shape index (κ1) is 31.0. The van der Waals surface area contributed by atoms with Gasteiger partial charge in [-0.2, -0.15) is 4.98 Å². The number of hydrogen-bond donors (Lipinski definition) is 2. The van der Waals surface area contributed by atoms with E-state index >= 15 is 0 Å². The maximum absolute atomic E-state index is 13.0. The van der Waals surface area contributed by atoms with Crippen LogP contribution in [0.15, 0.2) is 41.0 Å². The van der Waals surface area contributed by atoms with Gasteiger partial charge in [-0.3, -0.25) is 0 Å². The van der Waals surface area contributed by atoms with E-state index in [1.165, 1.54) is 49.9 Å². The minimum atomic E-state index is -2.51. The van der Waals surface area contributed by atoms with E-state index in [1.54, 1.807) is 26.6 Å². The lowest BCUT2D eigenvalue weighted by molar-refractivity contribution is 0.0965. The topological polar surface area (TPSA) is 82.6 Å². The van der Waals surface area contributed by atoms with Gasteiger partial charge in [0.25, 0.3) is 0 Å². The van der Waals surface area contributed by atoms with E-state index in [9.17, 15) is 4.57 Å². The molecule has 0 amide bonds. The van der Waals surface area contributed by atoms with Gasteiger partial charge in [0, 0.05) is 17.5 Å². The third-order valence-electron chi connectivity index (χ3n) is 8.74. The van der Waals surface area contributed by atoms with Gasteiger partial charge in [0.15, 0.2) is 0 Å². The Morgan fingerprint density at radius 2 is 1.69 bits per heavy atom. The molecule has 10 heteroatoms. The Kier molecular flexibility index (Phi) is 9.63. The molecular formula is C32H44BrN6O2P. The van der Waals surface area contributed by atoms with Crippen LogP contribution in [0.1, 0.15) is 48.3 Å². The summed E-state index contributed by atoms with van der Waals surface area (Å²) in [5.74, 6) is 2.36. The zero-order chi connectivity index (χ0) is 30.0. The van der Waals surface area contributed by atoms with Crippen LogP contribution >= 0.6 is 23.1 Å². The molecule has 0 unspecified atom stereocenters. The van der Waals surface area contributed by atoms with E-state index in [2.05, 4.69) is 67.5 Å². The molecular weight excluding hydrogens is 611 g/mol. The Labute approximate surface area is 259 Å². The first-order valence-electron chi connectivity index (χ1n) is 14.9. The summed E-state index contributed by atoms with van der Waals surface area (Å²) in [6, 6.07) is 11.0. The number of benzene rings is 2.